The van der Waals surface area contributed by atoms with Gasteiger partial charge < -0.3 is 0 Å². The predicted octanol–water partition coefficient (Wildman–Crippen LogP) is 8.07. The summed E-state index contributed by atoms with van der Waals surface area (Å²) in [5.74, 6) is 6.39. The lowest BCUT2D eigenvalue weighted by molar-refractivity contribution is -0.391. The molecule has 0 radical (unpaired) electrons. The first-order valence-corrected chi connectivity index (χ1v) is 11.9. The molecule has 0 bridgehead atoms. The topological polar surface area (TPSA) is 0 Å². The first-order chi connectivity index (χ1) is 11.9. The minimum absolute atomic E-state index is 0.490. The minimum atomic E-state index is 0.490. The number of hydrogen-bond acceptors (Lipinski definition) is 0. The van der Waals surface area contributed by atoms with Crippen LogP contribution in [0.1, 0.15) is 102 Å². The standard InChI is InChI=1S/C26H48/c1-12-15-19-21-22-20(17(5)16(4)13-2)18(6)24(9,14-3)26(22,11)25(21,10)23(19,7)8/h16-22H,12-15H2,1-11H3. The van der Waals surface area contributed by atoms with Crippen molar-refractivity contribution in [2.24, 2.45) is 63.1 Å². The van der Waals surface area contributed by atoms with E-state index in [1.54, 1.807) is 0 Å². The van der Waals surface area contributed by atoms with Crippen LogP contribution in [0.15, 0.2) is 0 Å². The van der Waals surface area contributed by atoms with Crippen molar-refractivity contribution in [3.63, 3.8) is 0 Å². The van der Waals surface area contributed by atoms with Gasteiger partial charge in [0.1, 0.15) is 0 Å². The van der Waals surface area contributed by atoms with Crippen molar-refractivity contribution in [2.75, 3.05) is 0 Å². The molecule has 0 spiro atoms. The molecule has 3 aliphatic rings. The maximum absolute atomic E-state index is 2.74. The average molecular weight is 361 g/mol. The summed E-state index contributed by atoms with van der Waals surface area (Å²) in [6.45, 7) is 28.4. The van der Waals surface area contributed by atoms with Crippen LogP contribution in [0.3, 0.4) is 0 Å². The fraction of sp³-hybridized carbons (Fsp3) is 1.00. The van der Waals surface area contributed by atoms with E-state index >= 15 is 0 Å². The molecule has 0 nitrogen and oxygen atoms in total. The number of rotatable bonds is 6. The van der Waals surface area contributed by atoms with E-state index < -0.39 is 0 Å². The van der Waals surface area contributed by atoms with Gasteiger partial charge in [0.2, 0.25) is 0 Å². The molecule has 0 aliphatic heterocycles. The molecule has 3 aliphatic carbocycles. The molecule has 0 aromatic heterocycles. The predicted molar refractivity (Wildman–Crippen MR) is 115 cm³/mol. The average Bonchev–Trinajstić information content (AvgIpc) is 2.77. The third kappa shape index (κ3) is 1.84. The molecule has 0 saturated heterocycles. The molecule has 10 unspecified atom stereocenters. The lowest BCUT2D eigenvalue weighted by Gasteiger charge is -2.86. The second-order valence-electron chi connectivity index (χ2n) is 12.0. The number of hydrogen-bond donors (Lipinski definition) is 0. The van der Waals surface area contributed by atoms with Gasteiger partial charge in [0, 0.05) is 0 Å². The van der Waals surface area contributed by atoms with Crippen molar-refractivity contribution in [1.82, 2.24) is 0 Å². The Morgan fingerprint density at radius 1 is 0.846 bits per heavy atom. The summed E-state index contributed by atoms with van der Waals surface area (Å²) < 4.78 is 0. The highest BCUT2D eigenvalue weighted by atomic mass is 14.9. The maximum Gasteiger partial charge on any atom is -0.0173 e. The van der Waals surface area contributed by atoms with E-state index in [4.69, 9.17) is 0 Å². The van der Waals surface area contributed by atoms with Gasteiger partial charge in [-0.05, 0) is 75.9 Å². The lowest BCUT2D eigenvalue weighted by atomic mass is 9.18. The molecule has 0 heterocycles. The minimum Gasteiger partial charge on any atom is -0.0654 e. The van der Waals surface area contributed by atoms with Crippen molar-refractivity contribution in [1.29, 1.82) is 0 Å². The Bertz CT molecular complexity index is 546. The van der Waals surface area contributed by atoms with Crippen LogP contribution in [0, 0.1) is 63.1 Å². The summed E-state index contributed by atoms with van der Waals surface area (Å²) >= 11 is 0. The van der Waals surface area contributed by atoms with E-state index in [0.29, 0.717) is 21.7 Å². The van der Waals surface area contributed by atoms with E-state index in [2.05, 4.69) is 76.2 Å². The Balaban J connectivity index is 2.10. The smallest absolute Gasteiger partial charge is 0.0173 e. The van der Waals surface area contributed by atoms with Gasteiger partial charge in [0.05, 0.1) is 0 Å². The molecule has 3 fully saturated rings. The Kier molecular flexibility index (Phi) is 4.78. The highest BCUT2D eigenvalue weighted by Crippen LogP contribution is 2.92. The molecule has 0 heteroatoms. The molecule has 0 amide bonds. The fourth-order valence-electron chi connectivity index (χ4n) is 9.68. The Morgan fingerprint density at radius 3 is 1.88 bits per heavy atom. The van der Waals surface area contributed by atoms with Gasteiger partial charge in [-0.15, -0.1) is 0 Å². The van der Waals surface area contributed by atoms with Crippen LogP contribution in [-0.4, -0.2) is 0 Å². The van der Waals surface area contributed by atoms with E-state index in [1.807, 2.05) is 0 Å². The Hall–Kier alpha value is 0. The maximum atomic E-state index is 2.74. The van der Waals surface area contributed by atoms with Crippen LogP contribution in [0.2, 0.25) is 0 Å². The summed E-state index contributed by atoms with van der Waals surface area (Å²) in [6, 6.07) is 0. The van der Waals surface area contributed by atoms with Crippen LogP contribution >= 0.6 is 0 Å². The molecular formula is C26H48. The second kappa shape index (κ2) is 6.00. The zero-order valence-corrected chi connectivity index (χ0v) is 19.9. The van der Waals surface area contributed by atoms with Gasteiger partial charge in [-0.2, -0.15) is 0 Å². The summed E-state index contributed by atoms with van der Waals surface area (Å²) in [7, 11) is 0. The van der Waals surface area contributed by atoms with Crippen molar-refractivity contribution >= 4 is 0 Å². The van der Waals surface area contributed by atoms with Crippen LogP contribution in [0.5, 0.6) is 0 Å². The van der Waals surface area contributed by atoms with Crippen molar-refractivity contribution in [3.8, 4) is 0 Å². The molecule has 3 rings (SSSR count). The van der Waals surface area contributed by atoms with Crippen LogP contribution in [0.25, 0.3) is 0 Å². The first kappa shape index (κ1) is 20.7. The summed E-state index contributed by atoms with van der Waals surface area (Å²) in [5.41, 5.74) is 2.04. The largest absolute Gasteiger partial charge is 0.0654 e. The molecule has 152 valence electrons. The van der Waals surface area contributed by atoms with Crippen LogP contribution in [0.4, 0.5) is 0 Å². The summed E-state index contributed by atoms with van der Waals surface area (Å²) in [6.07, 6.45) is 5.49. The second-order valence-corrected chi connectivity index (χ2v) is 12.0. The van der Waals surface area contributed by atoms with Gasteiger partial charge in [0.25, 0.3) is 0 Å². The van der Waals surface area contributed by atoms with Crippen molar-refractivity contribution in [3.05, 3.63) is 0 Å². The highest BCUT2D eigenvalue weighted by molar-refractivity contribution is 5.35. The Morgan fingerprint density at radius 2 is 1.42 bits per heavy atom. The highest BCUT2D eigenvalue weighted by Gasteiger charge is 2.88. The van der Waals surface area contributed by atoms with Crippen LogP contribution < -0.4 is 0 Å². The van der Waals surface area contributed by atoms with Crippen LogP contribution in [-0.2, 0) is 0 Å². The van der Waals surface area contributed by atoms with Gasteiger partial charge >= 0.3 is 0 Å². The summed E-state index contributed by atoms with van der Waals surface area (Å²) in [4.78, 5) is 0. The Labute approximate surface area is 165 Å². The monoisotopic (exact) mass is 360 g/mol. The third-order valence-corrected chi connectivity index (χ3v) is 12.2. The fourth-order valence-corrected chi connectivity index (χ4v) is 9.68. The molecular weight excluding hydrogens is 312 g/mol. The molecule has 10 atom stereocenters. The third-order valence-electron chi connectivity index (χ3n) is 12.2. The van der Waals surface area contributed by atoms with Crippen molar-refractivity contribution in [2.45, 2.75) is 102 Å². The first-order valence-electron chi connectivity index (χ1n) is 11.9. The van der Waals surface area contributed by atoms with Gasteiger partial charge in [-0.3, -0.25) is 0 Å². The van der Waals surface area contributed by atoms with E-state index in [-0.39, 0.29) is 0 Å². The number of fused-ring (bicyclic) bond motifs is 4. The zero-order valence-electron chi connectivity index (χ0n) is 19.9. The van der Waals surface area contributed by atoms with E-state index in [9.17, 15) is 0 Å². The quantitative estimate of drug-likeness (QED) is 0.449. The summed E-state index contributed by atoms with van der Waals surface area (Å²) in [5, 5.41) is 0. The SMILES string of the molecule is CCCC1C2C3C(C(C)C(C)CC)C(C)C(C)(CC)C3(C)C2(C)C1(C)C. The van der Waals surface area contributed by atoms with Gasteiger partial charge in [-0.25, -0.2) is 0 Å². The van der Waals surface area contributed by atoms with Gasteiger partial charge in [0.15, 0.2) is 0 Å². The molecule has 0 aromatic carbocycles. The van der Waals surface area contributed by atoms with Crippen molar-refractivity contribution < 1.29 is 0 Å². The molecule has 0 N–H and O–H groups in total. The zero-order chi connectivity index (χ0) is 19.9. The van der Waals surface area contributed by atoms with E-state index in [1.165, 1.54) is 25.7 Å². The molecule has 26 heavy (non-hydrogen) atoms. The lowest BCUT2D eigenvalue weighted by Crippen LogP contribution is -2.82. The molecule has 0 aromatic rings. The normalized spacial score (nSPS) is 53.9. The molecule has 3 saturated carbocycles. The van der Waals surface area contributed by atoms with Gasteiger partial charge in [-0.1, -0.05) is 89.0 Å². The van der Waals surface area contributed by atoms with E-state index in [0.717, 1.165) is 41.4 Å².